The Morgan fingerprint density at radius 3 is 2.76 bits per heavy atom. The fourth-order valence-corrected chi connectivity index (χ4v) is 5.56. The zero-order valence-electron chi connectivity index (χ0n) is 23.6. The molecule has 4 rings (SSSR count). The van der Waals surface area contributed by atoms with Crippen molar-refractivity contribution < 1.29 is 19.4 Å². The molecule has 0 fully saturated rings. The fraction of sp³-hybridized carbons (Fsp3) is 0.429. The average Bonchev–Trinajstić information content (AvgIpc) is 3.40. The van der Waals surface area contributed by atoms with Crippen LogP contribution in [-0.4, -0.2) is 98.4 Å². The summed E-state index contributed by atoms with van der Waals surface area (Å²) in [5.41, 5.74) is 10.9. The van der Waals surface area contributed by atoms with E-state index in [0.29, 0.717) is 70.8 Å². The van der Waals surface area contributed by atoms with E-state index < -0.39 is 6.10 Å². The Bertz CT molecular complexity index is 1400. The van der Waals surface area contributed by atoms with Gasteiger partial charge in [-0.05, 0) is 65.7 Å². The normalized spacial score (nSPS) is 16.7. The Morgan fingerprint density at radius 1 is 1.32 bits per heavy atom. The smallest absolute Gasteiger partial charge is 0.409 e. The van der Waals surface area contributed by atoms with Crippen molar-refractivity contribution in [3.63, 3.8) is 0 Å². The Hall–Kier alpha value is -3.19. The van der Waals surface area contributed by atoms with E-state index in [-0.39, 0.29) is 12.7 Å². The quantitative estimate of drug-likeness (QED) is 0.276. The number of rotatable bonds is 9. The summed E-state index contributed by atoms with van der Waals surface area (Å²) in [5.74, 6) is 1.65. The molecule has 0 saturated carbocycles. The number of nitrogens with two attached hydrogens (primary N) is 1. The molecule has 0 aliphatic carbocycles. The number of aliphatic hydroxyl groups excluding tert-OH is 1. The van der Waals surface area contributed by atoms with Crippen LogP contribution >= 0.6 is 27.5 Å². The van der Waals surface area contributed by atoms with Crippen molar-refractivity contribution in [3.05, 3.63) is 56.3 Å². The number of aromatic nitrogens is 2. The van der Waals surface area contributed by atoms with Gasteiger partial charge in [0.1, 0.15) is 24.3 Å². The molecule has 1 aromatic heterocycles. The predicted molar refractivity (Wildman–Crippen MR) is 164 cm³/mol. The molecule has 4 N–H and O–H groups in total. The van der Waals surface area contributed by atoms with E-state index >= 15 is 0 Å². The van der Waals surface area contributed by atoms with Crippen LogP contribution in [0.3, 0.4) is 0 Å². The lowest BCUT2D eigenvalue weighted by Crippen LogP contribution is -2.37. The first-order valence-electron chi connectivity index (χ1n) is 13.2. The molecule has 0 saturated heterocycles. The molecule has 1 amide bonds. The Morgan fingerprint density at radius 2 is 2.07 bits per heavy atom. The number of ether oxygens (including phenoxy) is 2. The highest BCUT2D eigenvalue weighted by Crippen LogP contribution is 2.36. The molecule has 220 valence electrons. The van der Waals surface area contributed by atoms with Gasteiger partial charge in [-0.25, -0.2) is 14.8 Å². The number of carbonyl (C=O) groups excluding carboxylic acids is 1. The minimum Gasteiger partial charge on any atom is -0.491 e. The molecule has 1 atom stereocenters. The molecule has 2 aliphatic heterocycles. The number of aliphatic hydroxyl groups is 1. The van der Waals surface area contributed by atoms with Crippen molar-refractivity contribution in [1.82, 2.24) is 20.2 Å². The van der Waals surface area contributed by atoms with Gasteiger partial charge in [0, 0.05) is 57.1 Å². The third-order valence-electron chi connectivity index (χ3n) is 7.06. The standard InChI is InChI=1S/C28H35BrClN7O4/c1-16-24(25(33-3)22(29)10-31)34-26(21-9-20(5-6-23(21)30)41-15-19(38)11-32-2)35-27(16)37-12-17-7-8-36(28(39)40-4)13-18(17)14-37/h5-6,9-10,19,32,38H,7-8,11-15,31H2,1-4H3/t19-/m1/s1. The van der Waals surface area contributed by atoms with Crippen LogP contribution in [0.4, 0.5) is 10.6 Å². The second-order valence-corrected chi connectivity index (χ2v) is 11.1. The lowest BCUT2D eigenvalue weighted by Gasteiger charge is -2.26. The van der Waals surface area contributed by atoms with E-state index in [9.17, 15) is 9.90 Å². The Labute approximate surface area is 253 Å². The number of halogens is 2. The highest BCUT2D eigenvalue weighted by molar-refractivity contribution is 9.12. The second kappa shape index (κ2) is 13.6. The van der Waals surface area contributed by atoms with Crippen LogP contribution < -0.4 is 20.7 Å². The van der Waals surface area contributed by atoms with Gasteiger partial charge < -0.3 is 35.4 Å². The van der Waals surface area contributed by atoms with Crippen LogP contribution in [0.25, 0.3) is 11.4 Å². The first kappa shape index (κ1) is 30.8. The summed E-state index contributed by atoms with van der Waals surface area (Å²) in [6.07, 6.45) is 1.22. The summed E-state index contributed by atoms with van der Waals surface area (Å²) < 4.78 is 11.4. The van der Waals surface area contributed by atoms with Crippen molar-refractivity contribution in [2.45, 2.75) is 19.4 Å². The number of likely N-dealkylation sites (N-methyl/N-ethyl adjacent to an activating group) is 1. The molecule has 41 heavy (non-hydrogen) atoms. The van der Waals surface area contributed by atoms with Crippen molar-refractivity contribution in [1.29, 1.82) is 0 Å². The predicted octanol–water partition coefficient (Wildman–Crippen LogP) is 3.27. The van der Waals surface area contributed by atoms with Gasteiger partial charge in [-0.15, -0.1) is 0 Å². The topological polar surface area (TPSA) is 138 Å². The van der Waals surface area contributed by atoms with Gasteiger partial charge in [-0.1, -0.05) is 11.6 Å². The van der Waals surface area contributed by atoms with E-state index in [0.717, 1.165) is 17.8 Å². The lowest BCUT2D eigenvalue weighted by molar-refractivity contribution is 0.108. The molecule has 2 aromatic rings. The Kier molecular flexibility index (Phi) is 10.2. The molecule has 1 aromatic carbocycles. The zero-order valence-corrected chi connectivity index (χ0v) is 25.9. The van der Waals surface area contributed by atoms with Crippen LogP contribution in [-0.2, 0) is 4.74 Å². The molecule has 11 nitrogen and oxygen atoms in total. The van der Waals surface area contributed by atoms with Crippen LogP contribution in [0.1, 0.15) is 17.7 Å². The maximum Gasteiger partial charge on any atom is 0.409 e. The number of hydrogen-bond donors (Lipinski definition) is 3. The van der Waals surface area contributed by atoms with Gasteiger partial charge in [0.25, 0.3) is 0 Å². The summed E-state index contributed by atoms with van der Waals surface area (Å²) in [7, 11) is 4.84. The molecule has 0 unspecified atom stereocenters. The number of benzene rings is 1. The molecular formula is C28H35BrClN7O4. The molecule has 3 heterocycles. The van der Waals surface area contributed by atoms with E-state index in [2.05, 4.69) is 31.1 Å². The largest absolute Gasteiger partial charge is 0.491 e. The van der Waals surface area contributed by atoms with Crippen molar-refractivity contribution in [3.8, 4) is 17.1 Å². The van der Waals surface area contributed by atoms with Gasteiger partial charge in [0.2, 0.25) is 0 Å². The van der Waals surface area contributed by atoms with Gasteiger partial charge in [0.15, 0.2) is 5.82 Å². The number of carbonyl (C=O) groups is 1. The number of allylic oxidation sites excluding steroid dienone is 1. The maximum atomic E-state index is 12.2. The molecule has 13 heteroatoms. The summed E-state index contributed by atoms with van der Waals surface area (Å²) >= 11 is 10.2. The summed E-state index contributed by atoms with van der Waals surface area (Å²) in [4.78, 5) is 30.4. The summed E-state index contributed by atoms with van der Waals surface area (Å²) in [6.45, 7) is 4.92. The monoisotopic (exact) mass is 647 g/mol. The van der Waals surface area contributed by atoms with Gasteiger partial charge in [-0.3, -0.25) is 4.99 Å². The van der Waals surface area contributed by atoms with Gasteiger partial charge in [0.05, 0.1) is 28.0 Å². The number of anilines is 1. The minimum absolute atomic E-state index is 0.113. The summed E-state index contributed by atoms with van der Waals surface area (Å²) in [5, 5.41) is 13.4. The van der Waals surface area contributed by atoms with Crippen LogP contribution in [0.2, 0.25) is 5.02 Å². The first-order valence-corrected chi connectivity index (χ1v) is 14.3. The molecule has 0 spiro atoms. The number of hydrogen-bond acceptors (Lipinski definition) is 10. The minimum atomic E-state index is -0.666. The number of nitrogens with one attached hydrogen (secondary N) is 1. The third kappa shape index (κ3) is 6.83. The van der Waals surface area contributed by atoms with E-state index in [4.69, 9.17) is 36.8 Å². The zero-order chi connectivity index (χ0) is 29.7. The van der Waals surface area contributed by atoms with Gasteiger partial charge in [-0.2, -0.15) is 0 Å². The number of nitrogens with zero attached hydrogens (tertiary/aromatic N) is 5. The van der Waals surface area contributed by atoms with E-state index in [1.54, 1.807) is 37.2 Å². The highest BCUT2D eigenvalue weighted by atomic mass is 79.9. The summed E-state index contributed by atoms with van der Waals surface area (Å²) in [6, 6.07) is 5.23. The second-order valence-electron chi connectivity index (χ2n) is 9.80. The van der Waals surface area contributed by atoms with Crippen molar-refractivity contribution in [2.75, 3.05) is 65.4 Å². The SMILES string of the molecule is CN=C(C(Br)=CN)c1nc(-c2cc(OC[C@H](O)CNC)ccc2Cl)nc(N2CC3=C(CN(C(=O)OC)CC3)C2)c1C. The van der Waals surface area contributed by atoms with E-state index in [1.807, 2.05) is 6.92 Å². The molecule has 0 bridgehead atoms. The number of aliphatic imine (C=N–C) groups is 1. The molecule has 2 aliphatic rings. The molecule has 0 radical (unpaired) electrons. The van der Waals surface area contributed by atoms with Crippen LogP contribution in [0.15, 0.2) is 45.0 Å². The Balaban J connectivity index is 1.75. The van der Waals surface area contributed by atoms with Crippen LogP contribution in [0, 0.1) is 6.92 Å². The fourth-order valence-electron chi connectivity index (χ4n) is 4.99. The van der Waals surface area contributed by atoms with E-state index in [1.165, 1.54) is 24.5 Å². The van der Waals surface area contributed by atoms with Crippen molar-refractivity contribution >= 4 is 45.2 Å². The third-order valence-corrected chi connectivity index (χ3v) is 8.03. The first-order chi connectivity index (χ1) is 19.7. The average molecular weight is 649 g/mol. The number of methoxy groups -OCH3 is 1. The number of amides is 1. The van der Waals surface area contributed by atoms with Crippen LogP contribution in [0.5, 0.6) is 5.75 Å². The van der Waals surface area contributed by atoms with Gasteiger partial charge >= 0.3 is 6.09 Å². The maximum absolute atomic E-state index is 12.2. The lowest BCUT2D eigenvalue weighted by atomic mass is 10.0. The van der Waals surface area contributed by atoms with Crippen molar-refractivity contribution in [2.24, 2.45) is 10.7 Å². The highest BCUT2D eigenvalue weighted by Gasteiger charge is 2.32. The molecular weight excluding hydrogens is 614 g/mol.